The van der Waals surface area contributed by atoms with Crippen LogP contribution in [0.15, 0.2) is 83.3 Å². The molecular weight excluding hydrogens is 446 g/mol. The molecule has 3 aromatic carbocycles. The first-order chi connectivity index (χ1) is 13.8. The van der Waals surface area contributed by atoms with Crippen LogP contribution in [-0.2, 0) is 11.0 Å². The molecule has 0 atom stereocenters. The molecule has 3 rings (SSSR count). The van der Waals surface area contributed by atoms with Gasteiger partial charge >= 0.3 is 0 Å². The average Bonchev–Trinajstić information content (AvgIpc) is 2.69. The summed E-state index contributed by atoms with van der Waals surface area (Å²) in [5.41, 5.74) is 0.642. The number of hydrogen-bond acceptors (Lipinski definition) is 3. The molecule has 0 spiro atoms. The summed E-state index contributed by atoms with van der Waals surface area (Å²) in [5, 5.41) is 13.7. The van der Waals surface area contributed by atoms with Gasteiger partial charge in [0.05, 0.1) is 17.1 Å². The van der Waals surface area contributed by atoms with Crippen molar-refractivity contribution < 1.29 is 9.35 Å². The number of nitro groups is 1. The Hall–Kier alpha value is -2.28. The van der Waals surface area contributed by atoms with Crippen LogP contribution in [0.1, 0.15) is 26.3 Å². The maximum atomic E-state index is 11.5. The van der Waals surface area contributed by atoms with E-state index >= 15 is 0 Å². The molecule has 4 nitrogen and oxygen atoms in total. The molecule has 0 aliphatic rings. The van der Waals surface area contributed by atoms with Crippen molar-refractivity contribution >= 4 is 40.3 Å². The molecule has 0 aliphatic heterocycles. The van der Waals surface area contributed by atoms with E-state index in [-0.39, 0.29) is 22.3 Å². The number of halogens is 1. The molecule has 0 aromatic heterocycles. The highest BCUT2D eigenvalue weighted by atomic mass is 79.9. The molecule has 3 aromatic rings. The van der Waals surface area contributed by atoms with Gasteiger partial charge in [0.1, 0.15) is 0 Å². The first kappa shape index (κ1) is 21.4. The van der Waals surface area contributed by atoms with Gasteiger partial charge in [-0.25, -0.2) is 0 Å². The van der Waals surface area contributed by atoms with Gasteiger partial charge in [0, 0.05) is 10.5 Å². The number of benzene rings is 3. The topological polar surface area (TPSA) is 52.4 Å². The van der Waals surface area contributed by atoms with E-state index in [4.69, 9.17) is 4.43 Å². The fourth-order valence-corrected chi connectivity index (χ4v) is 8.73. The molecular formula is C23H24BrNO3Si. The summed E-state index contributed by atoms with van der Waals surface area (Å²) in [6.45, 7) is 6.74. The fraction of sp³-hybridized carbons (Fsp3) is 0.217. The highest BCUT2D eigenvalue weighted by Gasteiger charge is 2.50. The predicted octanol–water partition coefficient (Wildman–Crippen LogP) is 5.43. The van der Waals surface area contributed by atoms with Crippen molar-refractivity contribution in [2.45, 2.75) is 32.4 Å². The molecule has 0 saturated heterocycles. The molecule has 0 saturated carbocycles. The molecule has 0 radical (unpaired) electrons. The quantitative estimate of drug-likeness (QED) is 0.274. The lowest BCUT2D eigenvalue weighted by atomic mass is 10.2. The minimum Gasteiger partial charge on any atom is -0.403 e. The van der Waals surface area contributed by atoms with Gasteiger partial charge in [-0.3, -0.25) is 10.1 Å². The molecule has 0 aliphatic carbocycles. The van der Waals surface area contributed by atoms with Crippen LogP contribution in [-0.4, -0.2) is 13.2 Å². The van der Waals surface area contributed by atoms with E-state index in [0.29, 0.717) is 5.56 Å². The number of nitro benzene ring substituents is 1. The van der Waals surface area contributed by atoms with Crippen LogP contribution in [0.25, 0.3) is 0 Å². The summed E-state index contributed by atoms with van der Waals surface area (Å²) in [6, 6.07) is 25.5. The van der Waals surface area contributed by atoms with Crippen molar-refractivity contribution in [2.75, 3.05) is 0 Å². The van der Waals surface area contributed by atoms with Crippen LogP contribution in [0.2, 0.25) is 5.04 Å². The third-order valence-electron chi connectivity index (χ3n) is 5.10. The molecule has 0 bridgehead atoms. The van der Waals surface area contributed by atoms with Gasteiger partial charge in [0.15, 0.2) is 0 Å². The lowest BCUT2D eigenvalue weighted by molar-refractivity contribution is -0.385. The van der Waals surface area contributed by atoms with Gasteiger partial charge in [-0.1, -0.05) is 97.4 Å². The van der Waals surface area contributed by atoms with Gasteiger partial charge in [0.2, 0.25) is 0 Å². The second-order valence-corrected chi connectivity index (χ2v) is 13.2. The summed E-state index contributed by atoms with van der Waals surface area (Å²) in [4.78, 5) is 11.2. The van der Waals surface area contributed by atoms with Crippen molar-refractivity contribution in [3.05, 3.63) is 99.0 Å². The maximum Gasteiger partial charge on any atom is 0.274 e. The predicted molar refractivity (Wildman–Crippen MR) is 123 cm³/mol. The smallest absolute Gasteiger partial charge is 0.274 e. The van der Waals surface area contributed by atoms with E-state index in [1.807, 2.05) is 36.4 Å². The Bertz CT molecular complexity index is 949. The van der Waals surface area contributed by atoms with Gasteiger partial charge in [-0.05, 0) is 27.5 Å². The largest absolute Gasteiger partial charge is 0.403 e. The Morgan fingerprint density at radius 1 is 0.931 bits per heavy atom. The van der Waals surface area contributed by atoms with Crippen molar-refractivity contribution in [1.82, 2.24) is 0 Å². The second kappa shape index (κ2) is 8.61. The highest BCUT2D eigenvalue weighted by molar-refractivity contribution is 9.10. The summed E-state index contributed by atoms with van der Waals surface area (Å²) in [6.07, 6.45) is 0. The molecule has 0 fully saturated rings. The Morgan fingerprint density at radius 3 is 1.90 bits per heavy atom. The van der Waals surface area contributed by atoms with Crippen LogP contribution < -0.4 is 10.4 Å². The summed E-state index contributed by atoms with van der Waals surface area (Å²) in [7, 11) is -2.75. The number of hydrogen-bond donors (Lipinski definition) is 0. The van der Waals surface area contributed by atoms with Gasteiger partial charge in [0.25, 0.3) is 14.0 Å². The normalized spacial score (nSPS) is 12.0. The third-order valence-corrected chi connectivity index (χ3v) is 10.6. The second-order valence-electron chi connectivity index (χ2n) is 7.98. The lowest BCUT2D eigenvalue weighted by Gasteiger charge is -2.43. The van der Waals surface area contributed by atoms with E-state index in [9.17, 15) is 10.1 Å². The van der Waals surface area contributed by atoms with E-state index in [2.05, 4.69) is 61.0 Å². The summed E-state index contributed by atoms with van der Waals surface area (Å²) in [5.74, 6) is 0. The molecule has 150 valence electrons. The minimum absolute atomic E-state index is 0.0751. The van der Waals surface area contributed by atoms with Crippen LogP contribution in [0, 0.1) is 10.1 Å². The molecule has 6 heteroatoms. The first-order valence-corrected chi connectivity index (χ1v) is 12.1. The van der Waals surface area contributed by atoms with Crippen molar-refractivity contribution in [3.63, 3.8) is 0 Å². The lowest BCUT2D eigenvalue weighted by Crippen LogP contribution is -2.66. The Balaban J connectivity index is 2.15. The van der Waals surface area contributed by atoms with Crippen molar-refractivity contribution in [3.8, 4) is 0 Å². The molecule has 0 amide bonds. The Kier molecular flexibility index (Phi) is 6.36. The molecule has 29 heavy (non-hydrogen) atoms. The van der Waals surface area contributed by atoms with Crippen LogP contribution >= 0.6 is 15.9 Å². The Labute approximate surface area is 181 Å². The monoisotopic (exact) mass is 469 g/mol. The number of rotatable bonds is 6. The van der Waals surface area contributed by atoms with E-state index < -0.39 is 8.32 Å². The van der Waals surface area contributed by atoms with Crippen molar-refractivity contribution in [1.29, 1.82) is 0 Å². The highest BCUT2D eigenvalue weighted by Crippen LogP contribution is 2.38. The standard InChI is InChI=1S/C23H24BrNO3Si/c1-23(2,3)29(20-10-6-4-7-11-20,21-12-8-5-9-13-21)28-17-18-16-19(24)14-15-22(18)25(26)27/h4-16H,17H2,1-3H3. The summed E-state index contributed by atoms with van der Waals surface area (Å²) >= 11 is 3.43. The van der Waals surface area contributed by atoms with Crippen LogP contribution in [0.4, 0.5) is 5.69 Å². The molecule has 0 unspecified atom stereocenters. The fourth-order valence-electron chi connectivity index (χ4n) is 3.80. The SMILES string of the molecule is CC(C)(C)[Si](OCc1cc(Br)ccc1[N+](=O)[O-])(c1ccccc1)c1ccccc1. The van der Waals surface area contributed by atoms with E-state index in [1.165, 1.54) is 6.07 Å². The zero-order valence-electron chi connectivity index (χ0n) is 16.8. The average molecular weight is 470 g/mol. The van der Waals surface area contributed by atoms with Gasteiger partial charge < -0.3 is 4.43 Å². The third kappa shape index (κ3) is 4.34. The zero-order chi connectivity index (χ0) is 21.1. The summed E-state index contributed by atoms with van der Waals surface area (Å²) < 4.78 is 7.61. The van der Waals surface area contributed by atoms with Crippen LogP contribution in [0.5, 0.6) is 0 Å². The van der Waals surface area contributed by atoms with Gasteiger partial charge in [-0.15, -0.1) is 0 Å². The van der Waals surface area contributed by atoms with Crippen LogP contribution in [0.3, 0.4) is 0 Å². The van der Waals surface area contributed by atoms with E-state index in [1.54, 1.807) is 12.1 Å². The molecule has 0 heterocycles. The number of nitrogens with zero attached hydrogens (tertiary/aromatic N) is 1. The minimum atomic E-state index is -2.75. The molecule has 0 N–H and O–H groups in total. The zero-order valence-corrected chi connectivity index (χ0v) is 19.3. The van der Waals surface area contributed by atoms with Crippen molar-refractivity contribution in [2.24, 2.45) is 0 Å². The van der Waals surface area contributed by atoms with E-state index in [0.717, 1.165) is 14.8 Å². The first-order valence-electron chi connectivity index (χ1n) is 9.43. The van der Waals surface area contributed by atoms with Gasteiger partial charge in [-0.2, -0.15) is 0 Å². The Morgan fingerprint density at radius 2 is 1.45 bits per heavy atom. The maximum absolute atomic E-state index is 11.5.